The van der Waals surface area contributed by atoms with Crippen molar-refractivity contribution in [1.29, 1.82) is 0 Å². The van der Waals surface area contributed by atoms with Crippen LogP contribution in [0.3, 0.4) is 0 Å². The van der Waals surface area contributed by atoms with E-state index in [9.17, 15) is 4.79 Å². The van der Waals surface area contributed by atoms with E-state index in [1.807, 2.05) is 54.6 Å². The zero-order valence-corrected chi connectivity index (χ0v) is 15.2. The molecule has 0 aromatic heterocycles. The predicted molar refractivity (Wildman–Crippen MR) is 103 cm³/mol. The molecule has 1 heterocycles. The number of hydrogen-bond acceptors (Lipinski definition) is 4. The molecule has 27 heavy (non-hydrogen) atoms. The first-order valence-electron chi connectivity index (χ1n) is 8.79. The number of carbonyl (C=O) groups is 1. The topological polar surface area (TPSA) is 44.8 Å². The second kappa shape index (κ2) is 7.16. The zero-order valence-electron chi connectivity index (χ0n) is 15.2. The van der Waals surface area contributed by atoms with Gasteiger partial charge < -0.3 is 14.2 Å². The fourth-order valence-corrected chi connectivity index (χ4v) is 3.48. The summed E-state index contributed by atoms with van der Waals surface area (Å²) in [6.07, 6.45) is -0.410. The third-order valence-electron chi connectivity index (χ3n) is 4.90. The number of rotatable bonds is 4. The van der Waals surface area contributed by atoms with Crippen molar-refractivity contribution in [2.75, 3.05) is 14.2 Å². The molecule has 1 aliphatic heterocycles. The number of benzene rings is 3. The van der Waals surface area contributed by atoms with E-state index in [0.29, 0.717) is 17.1 Å². The summed E-state index contributed by atoms with van der Waals surface area (Å²) in [5.41, 5.74) is 2.43. The molecule has 3 aromatic carbocycles. The number of ether oxygens (including phenoxy) is 3. The minimum absolute atomic E-state index is 0.0397. The Morgan fingerprint density at radius 1 is 0.778 bits per heavy atom. The van der Waals surface area contributed by atoms with E-state index in [1.165, 1.54) is 0 Å². The number of hydrogen-bond donors (Lipinski definition) is 0. The van der Waals surface area contributed by atoms with Crippen molar-refractivity contribution in [3.05, 3.63) is 89.5 Å². The summed E-state index contributed by atoms with van der Waals surface area (Å²) in [4.78, 5) is 13.4. The molecule has 0 saturated heterocycles. The van der Waals surface area contributed by atoms with Crippen LogP contribution in [-0.2, 0) is 0 Å². The molecule has 0 bridgehead atoms. The van der Waals surface area contributed by atoms with Crippen molar-refractivity contribution < 1.29 is 19.0 Å². The lowest BCUT2D eigenvalue weighted by Crippen LogP contribution is -2.30. The molecule has 136 valence electrons. The van der Waals surface area contributed by atoms with Crippen LogP contribution >= 0.6 is 0 Å². The number of ketones is 1. The summed E-state index contributed by atoms with van der Waals surface area (Å²) in [5.74, 6) is 1.58. The SMILES string of the molecule is COc1ccc([C@H]2C(=O)c3ccc(OC)cc3O[C@H]2c2ccccc2)cc1. The predicted octanol–water partition coefficient (Wildman–Crippen LogP) is 4.80. The molecule has 0 fully saturated rings. The Hall–Kier alpha value is -3.27. The molecule has 1 aliphatic rings. The number of fused-ring (bicyclic) bond motifs is 1. The Labute approximate surface area is 158 Å². The van der Waals surface area contributed by atoms with Gasteiger partial charge in [-0.3, -0.25) is 4.79 Å². The van der Waals surface area contributed by atoms with E-state index in [0.717, 1.165) is 16.9 Å². The van der Waals surface area contributed by atoms with Crippen LogP contribution in [0.5, 0.6) is 17.2 Å². The molecule has 2 atom stereocenters. The van der Waals surface area contributed by atoms with Crippen molar-refractivity contribution in [3.8, 4) is 17.2 Å². The van der Waals surface area contributed by atoms with Gasteiger partial charge in [-0.1, -0.05) is 42.5 Å². The van der Waals surface area contributed by atoms with Crippen LogP contribution in [0, 0.1) is 0 Å². The third kappa shape index (κ3) is 3.14. The molecule has 0 spiro atoms. The molecule has 4 rings (SSSR count). The van der Waals surface area contributed by atoms with Crippen LogP contribution in [0.25, 0.3) is 0 Å². The van der Waals surface area contributed by atoms with Crippen molar-refractivity contribution in [1.82, 2.24) is 0 Å². The monoisotopic (exact) mass is 360 g/mol. The van der Waals surface area contributed by atoms with Gasteiger partial charge >= 0.3 is 0 Å². The van der Waals surface area contributed by atoms with Crippen molar-refractivity contribution >= 4 is 5.78 Å². The number of carbonyl (C=O) groups excluding carboxylic acids is 1. The van der Waals surface area contributed by atoms with Crippen LogP contribution in [-0.4, -0.2) is 20.0 Å². The van der Waals surface area contributed by atoms with Crippen LogP contribution in [0.4, 0.5) is 0 Å². The van der Waals surface area contributed by atoms with Gasteiger partial charge in [0.1, 0.15) is 23.4 Å². The summed E-state index contributed by atoms with van der Waals surface area (Å²) in [6.45, 7) is 0. The first-order chi connectivity index (χ1) is 13.2. The normalized spacial score (nSPS) is 18.4. The Morgan fingerprint density at radius 3 is 2.11 bits per heavy atom. The Balaban J connectivity index is 1.83. The van der Waals surface area contributed by atoms with Gasteiger partial charge in [0, 0.05) is 6.07 Å². The highest BCUT2D eigenvalue weighted by atomic mass is 16.5. The van der Waals surface area contributed by atoms with Gasteiger partial charge in [0.25, 0.3) is 0 Å². The highest BCUT2D eigenvalue weighted by Crippen LogP contribution is 2.45. The number of Topliss-reactive ketones (excluding diaryl/α,β-unsaturated/α-hetero) is 1. The molecule has 0 unspecified atom stereocenters. The first kappa shape index (κ1) is 17.2. The van der Waals surface area contributed by atoms with Crippen LogP contribution in [0.15, 0.2) is 72.8 Å². The molecule has 0 saturated carbocycles. The lowest BCUT2D eigenvalue weighted by atomic mass is 9.81. The van der Waals surface area contributed by atoms with Gasteiger partial charge in [-0.15, -0.1) is 0 Å². The van der Waals surface area contributed by atoms with Crippen molar-refractivity contribution in [2.45, 2.75) is 12.0 Å². The largest absolute Gasteiger partial charge is 0.497 e. The lowest BCUT2D eigenvalue weighted by Gasteiger charge is -2.33. The highest BCUT2D eigenvalue weighted by Gasteiger charge is 2.39. The van der Waals surface area contributed by atoms with Gasteiger partial charge in [-0.25, -0.2) is 0 Å². The summed E-state index contributed by atoms with van der Waals surface area (Å²) in [5, 5.41) is 0. The Morgan fingerprint density at radius 2 is 1.44 bits per heavy atom. The van der Waals surface area contributed by atoms with Crippen molar-refractivity contribution in [3.63, 3.8) is 0 Å². The molecule has 4 heteroatoms. The van der Waals surface area contributed by atoms with E-state index < -0.39 is 12.0 Å². The van der Waals surface area contributed by atoms with E-state index in [2.05, 4.69) is 0 Å². The van der Waals surface area contributed by atoms with E-state index in [-0.39, 0.29) is 5.78 Å². The number of methoxy groups -OCH3 is 2. The molecular weight excluding hydrogens is 340 g/mol. The molecule has 0 amide bonds. The van der Waals surface area contributed by atoms with E-state index in [4.69, 9.17) is 14.2 Å². The molecule has 3 aromatic rings. The molecule has 0 N–H and O–H groups in total. The smallest absolute Gasteiger partial charge is 0.178 e. The second-order valence-corrected chi connectivity index (χ2v) is 6.43. The average molecular weight is 360 g/mol. The van der Waals surface area contributed by atoms with E-state index in [1.54, 1.807) is 32.4 Å². The van der Waals surface area contributed by atoms with Crippen molar-refractivity contribution in [2.24, 2.45) is 0 Å². The first-order valence-corrected chi connectivity index (χ1v) is 8.79. The van der Waals surface area contributed by atoms with Crippen LogP contribution in [0.2, 0.25) is 0 Å². The Kier molecular flexibility index (Phi) is 4.55. The van der Waals surface area contributed by atoms with Crippen LogP contribution < -0.4 is 14.2 Å². The van der Waals surface area contributed by atoms with Gasteiger partial charge in [0.05, 0.1) is 25.7 Å². The van der Waals surface area contributed by atoms with Gasteiger partial charge in [0.2, 0.25) is 0 Å². The summed E-state index contributed by atoms with van der Waals surface area (Å²) < 4.78 is 16.9. The van der Waals surface area contributed by atoms with Gasteiger partial charge in [-0.05, 0) is 35.4 Å². The molecule has 0 aliphatic carbocycles. The summed E-state index contributed by atoms with van der Waals surface area (Å²) >= 11 is 0. The second-order valence-electron chi connectivity index (χ2n) is 6.43. The lowest BCUT2D eigenvalue weighted by molar-refractivity contribution is 0.0781. The highest BCUT2D eigenvalue weighted by molar-refractivity contribution is 6.04. The van der Waals surface area contributed by atoms with Gasteiger partial charge in [-0.2, -0.15) is 0 Å². The maximum Gasteiger partial charge on any atom is 0.178 e. The van der Waals surface area contributed by atoms with Gasteiger partial charge in [0.15, 0.2) is 5.78 Å². The molecule has 4 nitrogen and oxygen atoms in total. The third-order valence-corrected chi connectivity index (χ3v) is 4.90. The minimum Gasteiger partial charge on any atom is -0.497 e. The van der Waals surface area contributed by atoms with Crippen LogP contribution in [0.1, 0.15) is 33.5 Å². The maximum atomic E-state index is 13.4. The quantitative estimate of drug-likeness (QED) is 0.670. The van der Waals surface area contributed by atoms with E-state index >= 15 is 0 Å². The minimum atomic E-state index is -0.431. The molecular formula is C23H20O4. The summed E-state index contributed by atoms with van der Waals surface area (Å²) in [7, 11) is 3.22. The fraction of sp³-hybridized carbons (Fsp3) is 0.174. The zero-order chi connectivity index (χ0) is 18.8. The maximum absolute atomic E-state index is 13.4. The fourth-order valence-electron chi connectivity index (χ4n) is 3.48. The Bertz CT molecular complexity index is 948. The summed E-state index contributed by atoms with van der Waals surface area (Å²) in [6, 6.07) is 22.7. The standard InChI is InChI=1S/C23H20O4/c1-25-17-10-8-15(9-11-17)21-22(24)19-13-12-18(26-2)14-20(19)27-23(21)16-6-4-3-5-7-16/h3-14,21,23H,1-2H3/t21-,23-/m0/s1. The average Bonchev–Trinajstić information content (AvgIpc) is 2.74. The molecule has 0 radical (unpaired) electrons.